The molecule has 7 nitrogen and oxygen atoms in total. The molecule has 2 heterocycles. The van der Waals surface area contributed by atoms with Gasteiger partial charge in [0, 0.05) is 18.0 Å². The summed E-state index contributed by atoms with van der Waals surface area (Å²) in [6, 6.07) is 14.8. The van der Waals surface area contributed by atoms with Crippen molar-refractivity contribution in [3.05, 3.63) is 71.3 Å². The molecule has 8 heteroatoms. The molecule has 0 atom stereocenters. The first kappa shape index (κ1) is 20.6. The normalized spacial score (nSPS) is 15.0. The number of rotatable bonds is 5. The molecule has 2 aromatic heterocycles. The maximum Gasteiger partial charge on any atom is 0.350 e. The third-order valence-corrected chi connectivity index (χ3v) is 8.03. The van der Waals surface area contributed by atoms with Crippen LogP contribution in [-0.4, -0.2) is 27.8 Å². The van der Waals surface area contributed by atoms with Gasteiger partial charge in [-0.1, -0.05) is 56.0 Å². The molecule has 0 N–H and O–H groups in total. The molecular weight excluding hydrogens is 426 g/mol. The summed E-state index contributed by atoms with van der Waals surface area (Å²) in [7, 11) is -4.30. The Bertz CT molecular complexity index is 1490. The van der Waals surface area contributed by atoms with E-state index in [9.17, 15) is 18.0 Å². The van der Waals surface area contributed by atoms with Gasteiger partial charge in [0.15, 0.2) is 0 Å². The van der Waals surface area contributed by atoms with Crippen molar-refractivity contribution in [1.29, 1.82) is 0 Å². The van der Waals surface area contributed by atoms with Crippen LogP contribution in [0.5, 0.6) is 0 Å². The predicted octanol–water partition coefficient (Wildman–Crippen LogP) is 4.20. The molecule has 0 radical (unpaired) electrons. The maximum absolute atomic E-state index is 13.7. The van der Waals surface area contributed by atoms with Crippen molar-refractivity contribution in [2.75, 3.05) is 0 Å². The summed E-state index contributed by atoms with van der Waals surface area (Å²) >= 11 is 0. The van der Waals surface area contributed by atoms with Crippen LogP contribution >= 0.6 is 0 Å². The highest BCUT2D eigenvalue weighted by atomic mass is 32.2. The number of nitrogens with zero attached hydrogens (tertiary/aromatic N) is 3. The SMILES string of the molecule is O=C(CCC1CCCC1)n1c(=O)n(S(=O)(=O)c2cccc3cccnc23)c2ccccc21. The Morgan fingerprint density at radius 2 is 1.69 bits per heavy atom. The lowest BCUT2D eigenvalue weighted by atomic mass is 10.0. The van der Waals surface area contributed by atoms with Crippen LogP contribution in [0.2, 0.25) is 0 Å². The topological polar surface area (TPSA) is 91.0 Å². The number of benzene rings is 2. The van der Waals surface area contributed by atoms with Crippen molar-refractivity contribution in [2.24, 2.45) is 5.92 Å². The molecule has 0 bridgehead atoms. The van der Waals surface area contributed by atoms with E-state index in [0.29, 0.717) is 23.2 Å². The van der Waals surface area contributed by atoms with Crippen molar-refractivity contribution in [3.63, 3.8) is 0 Å². The third-order valence-electron chi connectivity index (χ3n) is 6.31. The van der Waals surface area contributed by atoms with Crippen molar-refractivity contribution >= 4 is 37.9 Å². The molecule has 1 aliphatic rings. The zero-order valence-corrected chi connectivity index (χ0v) is 18.3. The smallest absolute Gasteiger partial charge is 0.274 e. The van der Waals surface area contributed by atoms with Crippen molar-refractivity contribution in [1.82, 2.24) is 13.5 Å². The van der Waals surface area contributed by atoms with Gasteiger partial charge in [0.05, 0.1) is 16.6 Å². The summed E-state index contributed by atoms with van der Waals surface area (Å²) in [6.07, 6.45) is 7.00. The fourth-order valence-electron chi connectivity index (χ4n) is 4.72. The van der Waals surface area contributed by atoms with Crippen LogP contribution in [0, 0.1) is 5.92 Å². The van der Waals surface area contributed by atoms with Crippen LogP contribution in [0.15, 0.2) is 70.5 Å². The molecule has 1 fully saturated rings. The van der Waals surface area contributed by atoms with E-state index in [1.165, 1.54) is 25.1 Å². The van der Waals surface area contributed by atoms with Gasteiger partial charge in [-0.25, -0.2) is 17.8 Å². The van der Waals surface area contributed by atoms with Crippen LogP contribution in [0.3, 0.4) is 0 Å². The molecule has 1 aliphatic carbocycles. The second-order valence-electron chi connectivity index (χ2n) is 8.29. The second-order valence-corrected chi connectivity index (χ2v) is 10.0. The maximum atomic E-state index is 13.7. The van der Waals surface area contributed by atoms with Crippen LogP contribution in [0.4, 0.5) is 0 Å². The monoisotopic (exact) mass is 449 g/mol. The van der Waals surface area contributed by atoms with Gasteiger partial charge in [0.2, 0.25) is 5.91 Å². The molecular formula is C24H23N3O4S. The molecule has 4 aromatic rings. The average Bonchev–Trinajstić information content (AvgIpc) is 3.42. The Hall–Kier alpha value is -3.26. The number of hydrogen-bond donors (Lipinski definition) is 0. The summed E-state index contributed by atoms with van der Waals surface area (Å²) in [5, 5.41) is 0.651. The molecule has 5 rings (SSSR count). The van der Waals surface area contributed by atoms with Crippen LogP contribution < -0.4 is 5.69 Å². The van der Waals surface area contributed by atoms with Crippen molar-refractivity contribution < 1.29 is 13.2 Å². The zero-order valence-electron chi connectivity index (χ0n) is 17.5. The fourth-order valence-corrected chi connectivity index (χ4v) is 6.28. The highest BCUT2D eigenvalue weighted by Gasteiger charge is 2.29. The molecule has 1 saturated carbocycles. The van der Waals surface area contributed by atoms with Gasteiger partial charge < -0.3 is 0 Å². The summed E-state index contributed by atoms with van der Waals surface area (Å²) in [4.78, 5) is 30.6. The number of aromatic nitrogens is 3. The number of imidazole rings is 1. The predicted molar refractivity (Wildman–Crippen MR) is 122 cm³/mol. The molecule has 0 aliphatic heterocycles. The van der Waals surface area contributed by atoms with Crippen molar-refractivity contribution in [2.45, 2.75) is 43.4 Å². The van der Waals surface area contributed by atoms with Crippen LogP contribution in [0.1, 0.15) is 43.3 Å². The molecule has 0 unspecified atom stereocenters. The molecule has 0 saturated heterocycles. The van der Waals surface area contributed by atoms with Crippen LogP contribution in [0.25, 0.3) is 21.9 Å². The van der Waals surface area contributed by atoms with E-state index in [4.69, 9.17) is 0 Å². The van der Waals surface area contributed by atoms with E-state index < -0.39 is 15.7 Å². The molecule has 0 amide bonds. The first-order valence-electron chi connectivity index (χ1n) is 10.8. The fraction of sp³-hybridized carbons (Fsp3) is 0.292. The minimum atomic E-state index is -4.30. The van der Waals surface area contributed by atoms with E-state index in [0.717, 1.165) is 21.4 Å². The Morgan fingerprint density at radius 3 is 2.47 bits per heavy atom. The summed E-state index contributed by atoms with van der Waals surface area (Å²) < 4.78 is 29.1. The highest BCUT2D eigenvalue weighted by molar-refractivity contribution is 7.90. The average molecular weight is 450 g/mol. The van der Waals surface area contributed by atoms with Gasteiger partial charge in [-0.2, -0.15) is 3.97 Å². The van der Waals surface area contributed by atoms with Crippen molar-refractivity contribution in [3.8, 4) is 0 Å². The third kappa shape index (κ3) is 3.35. The minimum absolute atomic E-state index is 0.0704. The van der Waals surface area contributed by atoms with E-state index in [1.54, 1.807) is 48.5 Å². The summed E-state index contributed by atoms with van der Waals surface area (Å²) in [5.41, 5.74) is -0.104. The number of fused-ring (bicyclic) bond motifs is 2. The van der Waals surface area contributed by atoms with E-state index >= 15 is 0 Å². The van der Waals surface area contributed by atoms with Crippen LogP contribution in [-0.2, 0) is 10.0 Å². The summed E-state index contributed by atoms with van der Waals surface area (Å²) in [6.45, 7) is 0. The zero-order chi connectivity index (χ0) is 22.3. The Kier molecular flexibility index (Phi) is 5.17. The largest absolute Gasteiger partial charge is 0.350 e. The minimum Gasteiger partial charge on any atom is -0.274 e. The summed E-state index contributed by atoms with van der Waals surface area (Å²) in [5.74, 6) is 0.122. The Balaban J connectivity index is 1.65. The second kappa shape index (κ2) is 8.02. The highest BCUT2D eigenvalue weighted by Crippen LogP contribution is 2.29. The molecule has 164 valence electrons. The van der Waals surface area contributed by atoms with E-state index in [-0.39, 0.29) is 28.3 Å². The number of carbonyl (C=O) groups is 1. The first-order valence-corrected chi connectivity index (χ1v) is 12.3. The van der Waals surface area contributed by atoms with Gasteiger partial charge in [0.25, 0.3) is 10.0 Å². The van der Waals surface area contributed by atoms with Gasteiger partial charge in [-0.3, -0.25) is 9.78 Å². The molecule has 0 spiro atoms. The quantitative estimate of drug-likeness (QED) is 0.455. The lowest BCUT2D eigenvalue weighted by molar-refractivity contribution is 0.0894. The molecule has 2 aromatic carbocycles. The van der Waals surface area contributed by atoms with E-state index in [1.807, 2.05) is 0 Å². The van der Waals surface area contributed by atoms with Gasteiger partial charge in [-0.05, 0) is 36.6 Å². The van der Waals surface area contributed by atoms with Gasteiger partial charge in [-0.15, -0.1) is 0 Å². The Morgan fingerprint density at radius 1 is 0.969 bits per heavy atom. The lowest BCUT2D eigenvalue weighted by Gasteiger charge is -2.09. The number of pyridine rings is 1. The van der Waals surface area contributed by atoms with Gasteiger partial charge in [0.1, 0.15) is 4.90 Å². The lowest BCUT2D eigenvalue weighted by Crippen LogP contribution is -2.32. The number of carbonyl (C=O) groups excluding carboxylic acids is 1. The first-order chi connectivity index (χ1) is 15.5. The van der Waals surface area contributed by atoms with E-state index in [2.05, 4.69) is 4.98 Å². The standard InChI is InChI=1S/C24H23N3O4S/c28-22(15-14-17-7-1-2-8-17)26-19-11-3-4-12-20(19)27(24(26)29)32(30,31)21-13-5-9-18-10-6-16-25-23(18)21/h3-6,9-13,16-17H,1-2,7-8,14-15H2. The number of hydrogen-bond acceptors (Lipinski definition) is 5. The molecule has 32 heavy (non-hydrogen) atoms. The van der Waals surface area contributed by atoms with Gasteiger partial charge >= 0.3 is 5.69 Å². The number of para-hydroxylation sites is 3. The Labute approximate surface area is 185 Å².